The van der Waals surface area contributed by atoms with E-state index in [1.807, 2.05) is 24.3 Å². The van der Waals surface area contributed by atoms with Crippen molar-refractivity contribution in [2.75, 3.05) is 12.3 Å². The third kappa shape index (κ3) is 8.56. The van der Waals surface area contributed by atoms with E-state index in [0.29, 0.717) is 25.1 Å². The Morgan fingerprint density at radius 3 is 2.33 bits per heavy atom. The summed E-state index contributed by atoms with van der Waals surface area (Å²) in [7, 11) is 0. The molecule has 0 spiro atoms. The Balaban J connectivity index is 1.75. The van der Waals surface area contributed by atoms with Crippen LogP contribution in [0.4, 0.5) is 0 Å². The number of benzene rings is 1. The van der Waals surface area contributed by atoms with Crippen molar-refractivity contribution in [2.24, 2.45) is 11.5 Å². The molecule has 0 bridgehead atoms. The van der Waals surface area contributed by atoms with Crippen LogP contribution in [0.3, 0.4) is 0 Å². The molecule has 10 N–H and O–H groups in total. The van der Waals surface area contributed by atoms with Crippen molar-refractivity contribution >= 4 is 47.2 Å². The van der Waals surface area contributed by atoms with Gasteiger partial charge in [0.15, 0.2) is 0 Å². The van der Waals surface area contributed by atoms with Gasteiger partial charge in [-0.3, -0.25) is 14.4 Å². The quantitative estimate of drug-likeness (QED) is 0.0810. The van der Waals surface area contributed by atoms with E-state index in [4.69, 9.17) is 11.5 Å². The second-order valence-electron chi connectivity index (χ2n) is 9.44. The summed E-state index contributed by atoms with van der Waals surface area (Å²) in [5.41, 5.74) is 13.8. The van der Waals surface area contributed by atoms with E-state index in [9.17, 15) is 24.3 Å². The fourth-order valence-electron chi connectivity index (χ4n) is 4.22. The van der Waals surface area contributed by atoms with Crippen LogP contribution in [0.2, 0.25) is 0 Å². The molecule has 1 aromatic carbocycles. The standard InChI is InChI=1S/C26H36N8O5S/c27-8-4-3-7-20(26(38)39)32-24(36)21(9-15-11-30-19-6-2-1-5-17(15)19)33-25(37)22(13-40)34-23(35)18(28)10-16-12-29-14-31-16/h1-2,5-6,11-12,14,18,20-22,30,40H,3-4,7-10,13,27-28H2,(H,29,31)(H,32,36)(H,33,37)(H,34,35)(H,38,39). The van der Waals surface area contributed by atoms with Crippen LogP contribution in [0.1, 0.15) is 30.5 Å². The number of carbonyl (C=O) groups excluding carboxylic acids is 3. The molecule has 3 rings (SSSR count). The number of carbonyl (C=O) groups is 4. The maximum Gasteiger partial charge on any atom is 0.326 e. The van der Waals surface area contributed by atoms with Crippen molar-refractivity contribution in [3.05, 3.63) is 54.2 Å². The van der Waals surface area contributed by atoms with Crippen LogP contribution >= 0.6 is 12.6 Å². The van der Waals surface area contributed by atoms with Gasteiger partial charge in [0.25, 0.3) is 0 Å². The molecular weight excluding hydrogens is 536 g/mol. The van der Waals surface area contributed by atoms with Crippen molar-refractivity contribution in [1.29, 1.82) is 0 Å². The van der Waals surface area contributed by atoms with Gasteiger partial charge in [0.2, 0.25) is 17.7 Å². The Morgan fingerprint density at radius 1 is 0.950 bits per heavy atom. The number of nitrogens with two attached hydrogens (primary N) is 2. The van der Waals surface area contributed by atoms with E-state index in [1.54, 1.807) is 12.4 Å². The lowest BCUT2D eigenvalue weighted by Crippen LogP contribution is -2.58. The average molecular weight is 573 g/mol. The highest BCUT2D eigenvalue weighted by atomic mass is 32.1. The maximum atomic E-state index is 13.3. The van der Waals surface area contributed by atoms with Gasteiger partial charge in [0.05, 0.1) is 12.4 Å². The number of hydrogen-bond donors (Lipinski definition) is 9. The lowest BCUT2D eigenvalue weighted by Gasteiger charge is -2.24. The number of carboxylic acids is 1. The highest BCUT2D eigenvalue weighted by Gasteiger charge is 2.30. The van der Waals surface area contributed by atoms with Crippen LogP contribution in [-0.2, 0) is 32.0 Å². The fourth-order valence-corrected chi connectivity index (χ4v) is 4.48. The number of thiol groups is 1. The van der Waals surface area contributed by atoms with Gasteiger partial charge in [-0.2, -0.15) is 12.6 Å². The van der Waals surface area contributed by atoms with Crippen molar-refractivity contribution in [3.63, 3.8) is 0 Å². The van der Waals surface area contributed by atoms with E-state index < -0.39 is 47.9 Å². The molecule has 14 heteroatoms. The normalized spacial score (nSPS) is 14.2. The molecule has 0 aliphatic heterocycles. The Morgan fingerprint density at radius 2 is 1.65 bits per heavy atom. The van der Waals surface area contributed by atoms with Crippen LogP contribution in [0, 0.1) is 0 Å². The molecule has 13 nitrogen and oxygen atoms in total. The minimum atomic E-state index is -1.19. The van der Waals surface area contributed by atoms with E-state index in [-0.39, 0.29) is 25.0 Å². The molecule has 0 saturated carbocycles. The minimum absolute atomic E-state index is 0.0629. The zero-order chi connectivity index (χ0) is 29.1. The summed E-state index contributed by atoms with van der Waals surface area (Å²) in [6.45, 7) is 0.405. The van der Waals surface area contributed by atoms with E-state index in [1.165, 1.54) is 6.33 Å². The topological polar surface area (TPSA) is 221 Å². The van der Waals surface area contributed by atoms with Crippen LogP contribution in [-0.4, -0.2) is 80.2 Å². The van der Waals surface area contributed by atoms with Crippen LogP contribution in [0.5, 0.6) is 0 Å². The predicted molar refractivity (Wildman–Crippen MR) is 152 cm³/mol. The van der Waals surface area contributed by atoms with Gasteiger partial charge in [-0.15, -0.1) is 0 Å². The zero-order valence-corrected chi connectivity index (χ0v) is 22.8. The number of aromatic nitrogens is 3. The number of imidazole rings is 1. The summed E-state index contributed by atoms with van der Waals surface area (Å²) in [4.78, 5) is 60.9. The number of nitrogens with one attached hydrogen (secondary N) is 5. The molecule has 4 atom stereocenters. The molecule has 2 heterocycles. The van der Waals surface area contributed by atoms with Gasteiger partial charge >= 0.3 is 5.97 Å². The van der Waals surface area contributed by atoms with Gasteiger partial charge in [-0.25, -0.2) is 9.78 Å². The maximum absolute atomic E-state index is 13.3. The van der Waals surface area contributed by atoms with E-state index in [2.05, 4.69) is 43.5 Å². The van der Waals surface area contributed by atoms with Crippen LogP contribution in [0.15, 0.2) is 43.0 Å². The van der Waals surface area contributed by atoms with Gasteiger partial charge in [-0.1, -0.05) is 18.2 Å². The molecule has 216 valence electrons. The van der Waals surface area contributed by atoms with Crippen molar-refractivity contribution < 1.29 is 24.3 Å². The number of hydrogen-bond acceptors (Lipinski definition) is 8. The lowest BCUT2D eigenvalue weighted by atomic mass is 10.0. The first-order valence-corrected chi connectivity index (χ1v) is 13.6. The van der Waals surface area contributed by atoms with E-state index >= 15 is 0 Å². The molecule has 0 aliphatic carbocycles. The summed E-state index contributed by atoms with van der Waals surface area (Å²) < 4.78 is 0. The number of amides is 3. The number of aromatic amines is 2. The van der Waals surface area contributed by atoms with Gasteiger partial charge in [0, 0.05) is 47.6 Å². The molecule has 0 fully saturated rings. The molecule has 4 unspecified atom stereocenters. The number of nitrogens with zero attached hydrogens (tertiary/aromatic N) is 1. The largest absolute Gasteiger partial charge is 0.480 e. The van der Waals surface area contributed by atoms with Gasteiger partial charge < -0.3 is 42.5 Å². The van der Waals surface area contributed by atoms with Crippen molar-refractivity contribution in [1.82, 2.24) is 30.9 Å². The van der Waals surface area contributed by atoms with Gasteiger partial charge in [-0.05, 0) is 37.4 Å². The summed E-state index contributed by atoms with van der Waals surface area (Å²) in [5, 5.41) is 18.3. The summed E-state index contributed by atoms with van der Waals surface area (Å²) in [5.74, 6) is -3.15. The number of fused-ring (bicyclic) bond motifs is 1. The number of aliphatic carboxylic acids is 1. The van der Waals surface area contributed by atoms with Crippen molar-refractivity contribution in [2.45, 2.75) is 56.3 Å². The number of carboxylic acid groups (broad SMARTS) is 1. The smallest absolute Gasteiger partial charge is 0.326 e. The first kappa shape index (κ1) is 30.7. The first-order chi connectivity index (χ1) is 19.2. The number of rotatable bonds is 16. The molecule has 3 amide bonds. The number of H-pyrrole nitrogens is 2. The molecule has 40 heavy (non-hydrogen) atoms. The third-order valence-corrected chi connectivity index (χ3v) is 6.81. The molecule has 2 aromatic heterocycles. The highest BCUT2D eigenvalue weighted by Crippen LogP contribution is 2.19. The molecule has 0 radical (unpaired) electrons. The number of para-hydroxylation sites is 1. The summed E-state index contributed by atoms with van der Waals surface area (Å²) in [6, 6.07) is 3.14. The molecule has 3 aromatic rings. The Hall–Kier alpha value is -3.88. The SMILES string of the molecule is NCCCCC(NC(=O)C(Cc1c[nH]c2ccccc12)NC(=O)C(CS)NC(=O)C(N)Cc1cnc[nH]1)C(=O)O. The Labute approximate surface area is 236 Å². The first-order valence-electron chi connectivity index (χ1n) is 13.0. The number of unbranched alkanes of at least 4 members (excludes halogenated alkanes) is 1. The minimum Gasteiger partial charge on any atom is -0.480 e. The molecular formula is C26H36N8O5S. The van der Waals surface area contributed by atoms with Crippen molar-refractivity contribution in [3.8, 4) is 0 Å². The Kier molecular flexibility index (Phi) is 11.5. The average Bonchev–Trinajstić information content (AvgIpc) is 3.60. The monoisotopic (exact) mass is 572 g/mol. The third-order valence-electron chi connectivity index (χ3n) is 6.44. The predicted octanol–water partition coefficient (Wildman–Crippen LogP) is -0.399. The zero-order valence-electron chi connectivity index (χ0n) is 21.9. The Bertz CT molecular complexity index is 1280. The van der Waals surface area contributed by atoms with Gasteiger partial charge in [0.1, 0.15) is 18.1 Å². The highest BCUT2D eigenvalue weighted by molar-refractivity contribution is 7.80. The summed E-state index contributed by atoms with van der Waals surface area (Å²) in [6.07, 6.45) is 6.32. The lowest BCUT2D eigenvalue weighted by molar-refractivity contribution is -0.142. The summed E-state index contributed by atoms with van der Waals surface area (Å²) >= 11 is 4.20. The van der Waals surface area contributed by atoms with E-state index in [0.717, 1.165) is 16.5 Å². The van der Waals surface area contributed by atoms with Crippen LogP contribution < -0.4 is 27.4 Å². The molecule has 0 saturated heterocycles. The second kappa shape index (κ2) is 15.1. The fraction of sp³-hybridized carbons (Fsp3) is 0.423. The van der Waals surface area contributed by atoms with Crippen LogP contribution in [0.25, 0.3) is 10.9 Å². The second-order valence-corrected chi connectivity index (χ2v) is 9.81. The molecule has 0 aliphatic rings.